The molecule has 1 aromatic rings. The second kappa shape index (κ2) is 3.89. The molecule has 0 aromatic carbocycles. The molecular weight excluding hydrogens is 168 g/mol. The van der Waals surface area contributed by atoms with Gasteiger partial charge in [-0.05, 0) is 13.8 Å². The molecular formula is C9H16N2O2. The van der Waals surface area contributed by atoms with Gasteiger partial charge in [0.1, 0.15) is 0 Å². The van der Waals surface area contributed by atoms with Crippen LogP contribution in [0.25, 0.3) is 0 Å². The van der Waals surface area contributed by atoms with Gasteiger partial charge in [-0.25, -0.2) is 0 Å². The van der Waals surface area contributed by atoms with Crippen LogP contribution in [0.15, 0.2) is 0 Å². The Balaban J connectivity index is 2.98. The predicted molar refractivity (Wildman–Crippen MR) is 49.3 cm³/mol. The summed E-state index contributed by atoms with van der Waals surface area (Å²) in [4.78, 5) is 0. The maximum absolute atomic E-state index is 9.68. The SMILES string of the molecule is Cc1nn(C)c(C)c1[C@@H](O)CCO. The third-order valence-electron chi connectivity index (χ3n) is 2.30. The quantitative estimate of drug-likeness (QED) is 0.717. The summed E-state index contributed by atoms with van der Waals surface area (Å²) in [6.45, 7) is 3.77. The van der Waals surface area contributed by atoms with Crippen molar-refractivity contribution in [1.82, 2.24) is 9.78 Å². The van der Waals surface area contributed by atoms with Crippen molar-refractivity contribution >= 4 is 0 Å². The van der Waals surface area contributed by atoms with Gasteiger partial charge in [0.05, 0.1) is 11.8 Å². The van der Waals surface area contributed by atoms with E-state index in [2.05, 4.69) is 5.10 Å². The zero-order chi connectivity index (χ0) is 10.0. The van der Waals surface area contributed by atoms with Crippen molar-refractivity contribution in [2.45, 2.75) is 26.4 Å². The third kappa shape index (κ3) is 1.89. The molecule has 0 fully saturated rings. The lowest BCUT2D eigenvalue weighted by atomic mass is 10.1. The van der Waals surface area contributed by atoms with E-state index in [0.717, 1.165) is 17.0 Å². The van der Waals surface area contributed by atoms with Crippen LogP contribution in [0.3, 0.4) is 0 Å². The van der Waals surface area contributed by atoms with Gasteiger partial charge < -0.3 is 10.2 Å². The molecule has 4 nitrogen and oxygen atoms in total. The number of hydrogen-bond donors (Lipinski definition) is 2. The highest BCUT2D eigenvalue weighted by atomic mass is 16.3. The molecule has 1 aromatic heterocycles. The Morgan fingerprint density at radius 1 is 1.46 bits per heavy atom. The minimum atomic E-state index is -0.598. The monoisotopic (exact) mass is 184 g/mol. The Hall–Kier alpha value is -0.870. The van der Waals surface area contributed by atoms with E-state index in [9.17, 15) is 5.11 Å². The number of aliphatic hydroxyl groups is 2. The average Bonchev–Trinajstić information content (AvgIpc) is 2.27. The third-order valence-corrected chi connectivity index (χ3v) is 2.30. The highest BCUT2D eigenvalue weighted by molar-refractivity contribution is 5.26. The summed E-state index contributed by atoms with van der Waals surface area (Å²) in [5.74, 6) is 0. The highest BCUT2D eigenvalue weighted by Gasteiger charge is 2.16. The molecule has 0 bridgehead atoms. The van der Waals surface area contributed by atoms with Gasteiger partial charge in [0.15, 0.2) is 0 Å². The van der Waals surface area contributed by atoms with E-state index in [1.54, 1.807) is 4.68 Å². The van der Waals surface area contributed by atoms with Crippen LogP contribution in [0.5, 0.6) is 0 Å². The smallest absolute Gasteiger partial charge is 0.0847 e. The van der Waals surface area contributed by atoms with Gasteiger partial charge in [0.25, 0.3) is 0 Å². The van der Waals surface area contributed by atoms with Crippen LogP contribution in [-0.2, 0) is 7.05 Å². The molecule has 1 atom stereocenters. The van der Waals surface area contributed by atoms with Gasteiger partial charge in [0, 0.05) is 31.3 Å². The predicted octanol–water partition coefficient (Wildman–Crippen LogP) is 0.453. The van der Waals surface area contributed by atoms with Crippen LogP contribution in [0.2, 0.25) is 0 Å². The fraction of sp³-hybridized carbons (Fsp3) is 0.667. The van der Waals surface area contributed by atoms with E-state index in [4.69, 9.17) is 5.11 Å². The van der Waals surface area contributed by atoms with Crippen molar-refractivity contribution in [3.05, 3.63) is 17.0 Å². The lowest BCUT2D eigenvalue weighted by Gasteiger charge is -2.09. The number of aryl methyl sites for hydroxylation is 2. The first-order chi connectivity index (χ1) is 6.07. The van der Waals surface area contributed by atoms with Crippen molar-refractivity contribution < 1.29 is 10.2 Å². The molecule has 0 radical (unpaired) electrons. The molecule has 0 spiro atoms. The molecule has 0 unspecified atom stereocenters. The van der Waals surface area contributed by atoms with Gasteiger partial charge in [-0.15, -0.1) is 0 Å². The summed E-state index contributed by atoms with van der Waals surface area (Å²) in [6.07, 6.45) is -0.230. The standard InChI is InChI=1S/C9H16N2O2/c1-6-9(8(13)4-5-12)7(2)11(3)10-6/h8,12-13H,4-5H2,1-3H3/t8-/m0/s1. The summed E-state index contributed by atoms with van der Waals surface area (Å²) in [6, 6.07) is 0. The molecule has 4 heteroatoms. The molecule has 1 heterocycles. The molecule has 2 N–H and O–H groups in total. The van der Waals surface area contributed by atoms with Crippen molar-refractivity contribution in [3.63, 3.8) is 0 Å². The lowest BCUT2D eigenvalue weighted by molar-refractivity contribution is 0.133. The van der Waals surface area contributed by atoms with Crippen LogP contribution >= 0.6 is 0 Å². The number of hydrogen-bond acceptors (Lipinski definition) is 3. The van der Waals surface area contributed by atoms with Gasteiger partial charge in [-0.3, -0.25) is 4.68 Å². The summed E-state index contributed by atoms with van der Waals surface area (Å²) < 4.78 is 1.74. The van der Waals surface area contributed by atoms with Gasteiger partial charge in [-0.1, -0.05) is 0 Å². The lowest BCUT2D eigenvalue weighted by Crippen LogP contribution is -2.03. The number of aromatic nitrogens is 2. The molecule has 74 valence electrons. The maximum Gasteiger partial charge on any atom is 0.0847 e. The number of rotatable bonds is 3. The molecule has 0 saturated carbocycles. The summed E-state index contributed by atoms with van der Waals surface area (Å²) in [5, 5.41) is 22.6. The topological polar surface area (TPSA) is 58.3 Å². The minimum absolute atomic E-state index is 0.00502. The second-order valence-electron chi connectivity index (χ2n) is 3.24. The van der Waals surface area contributed by atoms with Gasteiger partial charge in [0.2, 0.25) is 0 Å². The fourth-order valence-electron chi connectivity index (χ4n) is 1.54. The first kappa shape index (κ1) is 10.2. The van der Waals surface area contributed by atoms with E-state index in [1.807, 2.05) is 20.9 Å². The highest BCUT2D eigenvalue weighted by Crippen LogP contribution is 2.22. The zero-order valence-electron chi connectivity index (χ0n) is 8.28. The van der Waals surface area contributed by atoms with E-state index in [1.165, 1.54) is 0 Å². The molecule has 1 rings (SSSR count). The Bertz CT molecular complexity index is 294. The molecule has 0 aliphatic heterocycles. The van der Waals surface area contributed by atoms with E-state index >= 15 is 0 Å². The Labute approximate surface area is 77.8 Å². The zero-order valence-corrected chi connectivity index (χ0v) is 8.28. The molecule has 0 aliphatic rings. The van der Waals surface area contributed by atoms with Crippen LogP contribution in [-0.4, -0.2) is 26.6 Å². The Morgan fingerprint density at radius 2 is 2.08 bits per heavy atom. The Morgan fingerprint density at radius 3 is 2.46 bits per heavy atom. The Kier molecular flexibility index (Phi) is 3.06. The summed E-state index contributed by atoms with van der Waals surface area (Å²) >= 11 is 0. The minimum Gasteiger partial charge on any atom is -0.396 e. The molecule has 13 heavy (non-hydrogen) atoms. The van der Waals surface area contributed by atoms with Crippen LogP contribution < -0.4 is 0 Å². The van der Waals surface area contributed by atoms with Crippen molar-refractivity contribution in [2.75, 3.05) is 6.61 Å². The molecule has 0 saturated heterocycles. The van der Waals surface area contributed by atoms with Crippen molar-refractivity contribution in [3.8, 4) is 0 Å². The molecule has 0 aliphatic carbocycles. The number of nitrogens with zero attached hydrogens (tertiary/aromatic N) is 2. The van der Waals surface area contributed by atoms with E-state index in [0.29, 0.717) is 6.42 Å². The largest absolute Gasteiger partial charge is 0.396 e. The summed E-state index contributed by atoms with van der Waals surface area (Å²) in [5.41, 5.74) is 2.64. The van der Waals surface area contributed by atoms with Crippen LogP contribution in [0.1, 0.15) is 29.5 Å². The van der Waals surface area contributed by atoms with Crippen LogP contribution in [0, 0.1) is 13.8 Å². The first-order valence-electron chi connectivity index (χ1n) is 4.37. The number of aliphatic hydroxyl groups excluding tert-OH is 2. The van der Waals surface area contributed by atoms with E-state index in [-0.39, 0.29) is 6.61 Å². The average molecular weight is 184 g/mol. The van der Waals surface area contributed by atoms with Gasteiger partial charge >= 0.3 is 0 Å². The normalized spacial score (nSPS) is 13.3. The fourth-order valence-corrected chi connectivity index (χ4v) is 1.54. The van der Waals surface area contributed by atoms with Gasteiger partial charge in [-0.2, -0.15) is 5.10 Å². The maximum atomic E-state index is 9.68. The van der Waals surface area contributed by atoms with Crippen molar-refractivity contribution in [2.24, 2.45) is 7.05 Å². The van der Waals surface area contributed by atoms with Crippen molar-refractivity contribution in [1.29, 1.82) is 0 Å². The van der Waals surface area contributed by atoms with E-state index < -0.39 is 6.10 Å². The summed E-state index contributed by atoms with van der Waals surface area (Å²) in [7, 11) is 1.84. The second-order valence-corrected chi connectivity index (χ2v) is 3.24. The first-order valence-corrected chi connectivity index (χ1v) is 4.37. The van der Waals surface area contributed by atoms with Crippen LogP contribution in [0.4, 0.5) is 0 Å². The molecule has 0 amide bonds.